The molecule has 1 aromatic heterocycles. The van der Waals surface area contributed by atoms with Crippen LogP contribution in [0.2, 0.25) is 5.02 Å². The molecular formula is C18H15ClFNO2S. The number of halogens is 2. The maximum absolute atomic E-state index is 13.4. The number of hydrogen-bond acceptors (Lipinski definition) is 2. The van der Waals surface area contributed by atoms with E-state index in [0.29, 0.717) is 0 Å². The minimum absolute atomic E-state index is 0.0723. The van der Waals surface area contributed by atoms with Crippen LogP contribution in [0.5, 0.6) is 0 Å². The minimum atomic E-state index is -0.892. The van der Waals surface area contributed by atoms with Crippen molar-refractivity contribution < 1.29 is 14.3 Å². The number of carbonyl (C=O) groups is 1. The van der Waals surface area contributed by atoms with Gasteiger partial charge in [-0.15, -0.1) is 0 Å². The second-order valence-electron chi connectivity index (χ2n) is 5.59. The van der Waals surface area contributed by atoms with Crippen molar-refractivity contribution >= 4 is 40.2 Å². The average molecular weight is 364 g/mol. The highest BCUT2D eigenvalue weighted by atomic mass is 35.5. The lowest BCUT2D eigenvalue weighted by Gasteiger charge is -2.06. The number of aromatic nitrogens is 1. The number of aliphatic carboxylic acids is 1. The molecule has 0 aliphatic carbocycles. The maximum atomic E-state index is 13.4. The van der Waals surface area contributed by atoms with Gasteiger partial charge in [0.25, 0.3) is 0 Å². The Bertz CT molecular complexity index is 952. The van der Waals surface area contributed by atoms with E-state index in [1.165, 1.54) is 17.8 Å². The summed E-state index contributed by atoms with van der Waals surface area (Å²) in [6.07, 6.45) is 0. The van der Waals surface area contributed by atoms with Crippen molar-refractivity contribution in [2.75, 3.05) is 0 Å². The monoisotopic (exact) mass is 363 g/mol. The van der Waals surface area contributed by atoms with Crippen LogP contribution in [0.15, 0.2) is 46.2 Å². The number of rotatable bonds is 4. The van der Waals surface area contributed by atoms with Gasteiger partial charge in [-0.25, -0.2) is 4.39 Å². The zero-order valence-corrected chi connectivity index (χ0v) is 14.7. The maximum Gasteiger partial charge on any atom is 0.323 e. The molecule has 3 aromatic rings. The summed E-state index contributed by atoms with van der Waals surface area (Å²) in [7, 11) is 0. The highest BCUT2D eigenvalue weighted by molar-refractivity contribution is 7.99. The number of hydrogen-bond donors (Lipinski definition) is 1. The van der Waals surface area contributed by atoms with Gasteiger partial charge >= 0.3 is 5.97 Å². The fraction of sp³-hybridized carbons (Fsp3) is 0.167. The molecule has 0 aliphatic heterocycles. The lowest BCUT2D eigenvalue weighted by Crippen LogP contribution is -2.09. The van der Waals surface area contributed by atoms with Crippen molar-refractivity contribution in [3.8, 4) is 0 Å². The average Bonchev–Trinajstić information content (AvgIpc) is 2.75. The number of nitrogens with zero attached hydrogens (tertiary/aromatic N) is 1. The highest BCUT2D eigenvalue weighted by Gasteiger charge is 2.17. The molecule has 0 fully saturated rings. The van der Waals surface area contributed by atoms with E-state index in [9.17, 15) is 14.3 Å². The number of aryl methyl sites for hydroxylation is 1. The van der Waals surface area contributed by atoms with Gasteiger partial charge in [-0.05, 0) is 44.2 Å². The van der Waals surface area contributed by atoms with E-state index in [1.54, 1.807) is 16.7 Å². The highest BCUT2D eigenvalue weighted by Crippen LogP contribution is 2.39. The molecule has 0 bridgehead atoms. The molecule has 6 heteroatoms. The van der Waals surface area contributed by atoms with Gasteiger partial charge in [0.2, 0.25) is 0 Å². The molecular weight excluding hydrogens is 349 g/mol. The summed E-state index contributed by atoms with van der Waals surface area (Å²) in [5, 5.41) is 10.2. The van der Waals surface area contributed by atoms with Gasteiger partial charge in [0, 0.05) is 26.4 Å². The third kappa shape index (κ3) is 3.14. The van der Waals surface area contributed by atoms with Gasteiger partial charge < -0.3 is 9.67 Å². The Morgan fingerprint density at radius 1 is 1.25 bits per heavy atom. The lowest BCUT2D eigenvalue weighted by atomic mass is 10.2. The predicted octanol–water partition coefficient (Wildman–Crippen LogP) is 5.29. The summed E-state index contributed by atoms with van der Waals surface area (Å²) in [6, 6.07) is 10.5. The Hall–Kier alpha value is -1.98. The summed E-state index contributed by atoms with van der Waals surface area (Å²) in [4.78, 5) is 13.0. The van der Waals surface area contributed by atoms with Gasteiger partial charge in [-0.2, -0.15) is 0 Å². The van der Waals surface area contributed by atoms with E-state index >= 15 is 0 Å². The molecule has 0 aliphatic rings. The van der Waals surface area contributed by atoms with Crippen LogP contribution in [0.4, 0.5) is 4.39 Å². The quantitative estimate of drug-likeness (QED) is 0.685. The van der Waals surface area contributed by atoms with Crippen LogP contribution in [0.3, 0.4) is 0 Å². The predicted molar refractivity (Wildman–Crippen MR) is 94.6 cm³/mol. The molecule has 0 saturated heterocycles. The molecule has 0 radical (unpaired) electrons. The summed E-state index contributed by atoms with van der Waals surface area (Å²) < 4.78 is 15.1. The molecule has 0 amide bonds. The molecule has 2 aromatic carbocycles. The van der Waals surface area contributed by atoms with Gasteiger partial charge in [0.05, 0.1) is 5.02 Å². The third-order valence-corrected chi connectivity index (χ3v) is 5.32. The molecule has 3 rings (SSSR count). The van der Waals surface area contributed by atoms with Crippen LogP contribution in [0.25, 0.3) is 10.9 Å². The summed E-state index contributed by atoms with van der Waals surface area (Å²) in [5.41, 5.74) is 2.83. The van der Waals surface area contributed by atoms with Crippen LogP contribution >= 0.6 is 23.4 Å². The van der Waals surface area contributed by atoms with Crippen LogP contribution in [0.1, 0.15) is 11.3 Å². The van der Waals surface area contributed by atoms with Gasteiger partial charge in [-0.1, -0.05) is 35.0 Å². The normalized spacial score (nSPS) is 11.2. The minimum Gasteiger partial charge on any atom is -0.480 e. The largest absolute Gasteiger partial charge is 0.480 e. The zero-order chi connectivity index (χ0) is 17.4. The Labute approximate surface area is 148 Å². The first-order valence-electron chi connectivity index (χ1n) is 7.31. The van der Waals surface area contributed by atoms with Gasteiger partial charge in [-0.3, -0.25) is 4.79 Å². The molecule has 24 heavy (non-hydrogen) atoms. The smallest absolute Gasteiger partial charge is 0.323 e. The van der Waals surface area contributed by atoms with Gasteiger partial charge in [0.1, 0.15) is 12.4 Å². The first kappa shape index (κ1) is 16.9. The molecule has 0 spiro atoms. The van der Waals surface area contributed by atoms with Crippen molar-refractivity contribution in [1.29, 1.82) is 0 Å². The molecule has 124 valence electrons. The second-order valence-corrected chi connectivity index (χ2v) is 7.08. The first-order valence-corrected chi connectivity index (χ1v) is 8.50. The standard InChI is InChI=1S/C18H15ClFNO2S/c1-10-3-6-16-13(7-10)18(11(2)21(16)9-17(22)23)24-12-4-5-15(20)14(19)8-12/h3-8H,9H2,1-2H3,(H,22,23). The Kier molecular flexibility index (Phi) is 4.56. The number of fused-ring (bicyclic) bond motifs is 1. The van der Waals surface area contributed by atoms with Crippen LogP contribution in [-0.2, 0) is 11.3 Å². The summed E-state index contributed by atoms with van der Waals surface area (Å²) in [5.74, 6) is -1.35. The number of carboxylic acids is 1. The van der Waals surface area contributed by atoms with E-state index in [2.05, 4.69) is 0 Å². The molecule has 0 unspecified atom stereocenters. The SMILES string of the molecule is Cc1ccc2c(c1)c(Sc1ccc(F)c(Cl)c1)c(C)n2CC(=O)O. The topological polar surface area (TPSA) is 42.2 Å². The van der Waals surface area contributed by atoms with Gasteiger partial charge in [0.15, 0.2) is 0 Å². The number of carboxylic acid groups (broad SMARTS) is 1. The molecule has 1 heterocycles. The van der Waals surface area contributed by atoms with Crippen molar-refractivity contribution in [3.05, 3.63) is 58.5 Å². The third-order valence-electron chi connectivity index (χ3n) is 3.83. The van der Waals surface area contributed by atoms with Crippen LogP contribution in [-0.4, -0.2) is 15.6 Å². The van der Waals surface area contributed by atoms with Crippen molar-refractivity contribution in [2.24, 2.45) is 0 Å². The fourth-order valence-electron chi connectivity index (χ4n) is 2.69. The summed E-state index contributed by atoms with van der Waals surface area (Å²) >= 11 is 7.32. The van der Waals surface area contributed by atoms with Crippen molar-refractivity contribution in [2.45, 2.75) is 30.2 Å². The Morgan fingerprint density at radius 3 is 2.67 bits per heavy atom. The van der Waals surface area contributed by atoms with Crippen molar-refractivity contribution in [3.63, 3.8) is 0 Å². The zero-order valence-electron chi connectivity index (χ0n) is 13.1. The van der Waals surface area contributed by atoms with Crippen LogP contribution in [0, 0.1) is 19.7 Å². The molecule has 0 atom stereocenters. The Balaban J connectivity index is 2.15. The number of benzene rings is 2. The van der Waals surface area contributed by atoms with Crippen LogP contribution < -0.4 is 0 Å². The summed E-state index contributed by atoms with van der Waals surface area (Å²) in [6.45, 7) is 3.79. The second kappa shape index (κ2) is 6.49. The molecule has 3 nitrogen and oxygen atoms in total. The van der Waals surface area contributed by atoms with E-state index in [4.69, 9.17) is 11.6 Å². The lowest BCUT2D eigenvalue weighted by molar-refractivity contribution is -0.137. The fourth-order valence-corrected chi connectivity index (χ4v) is 4.02. The van der Waals surface area contributed by atoms with E-state index in [0.717, 1.165) is 32.0 Å². The molecule has 1 N–H and O–H groups in total. The van der Waals surface area contributed by atoms with Crippen molar-refractivity contribution in [1.82, 2.24) is 4.57 Å². The van der Waals surface area contributed by atoms with E-state index in [-0.39, 0.29) is 11.6 Å². The molecule has 0 saturated carbocycles. The first-order chi connectivity index (χ1) is 11.4. The van der Waals surface area contributed by atoms with E-state index in [1.807, 2.05) is 32.0 Å². The van der Waals surface area contributed by atoms with E-state index < -0.39 is 11.8 Å². The Morgan fingerprint density at radius 2 is 2.00 bits per heavy atom.